The van der Waals surface area contributed by atoms with Crippen LogP contribution in [-0.2, 0) is 0 Å². The van der Waals surface area contributed by atoms with Crippen molar-refractivity contribution in [3.05, 3.63) is 35.9 Å². The Balaban J connectivity index is 1.73. The third kappa shape index (κ3) is 3.83. The van der Waals surface area contributed by atoms with Gasteiger partial charge in [0.25, 0.3) is 0 Å². The fraction of sp³-hybridized carbons (Fsp3) is 0.667. The lowest BCUT2D eigenvalue weighted by atomic mass is 9.95. The van der Waals surface area contributed by atoms with E-state index in [9.17, 15) is 0 Å². The zero-order chi connectivity index (χ0) is 14.4. The number of nitrogens with zero attached hydrogens (tertiary/aromatic N) is 1. The number of rotatable bonds is 7. The second-order valence-corrected chi connectivity index (χ2v) is 6.60. The highest BCUT2D eigenvalue weighted by Gasteiger charge is 2.35. The molecule has 1 aliphatic carbocycles. The van der Waals surface area contributed by atoms with E-state index in [4.69, 9.17) is 0 Å². The van der Waals surface area contributed by atoms with E-state index in [0.717, 1.165) is 13.1 Å². The van der Waals surface area contributed by atoms with Crippen molar-refractivity contribution in [1.82, 2.24) is 10.2 Å². The van der Waals surface area contributed by atoms with E-state index in [1.807, 2.05) is 0 Å². The molecule has 2 rings (SSSR count). The van der Waals surface area contributed by atoms with Crippen LogP contribution in [0.2, 0.25) is 0 Å². The summed E-state index contributed by atoms with van der Waals surface area (Å²) in [6.07, 6.45) is 6.69. The van der Waals surface area contributed by atoms with Gasteiger partial charge in [0.05, 0.1) is 0 Å². The normalized spacial score (nSPS) is 19.4. The summed E-state index contributed by atoms with van der Waals surface area (Å²) >= 11 is 0. The van der Waals surface area contributed by atoms with Gasteiger partial charge in [0.15, 0.2) is 0 Å². The molecule has 0 heterocycles. The molecule has 2 heteroatoms. The van der Waals surface area contributed by atoms with Crippen molar-refractivity contribution >= 4 is 0 Å². The Morgan fingerprint density at radius 2 is 1.80 bits per heavy atom. The standard InChI is InChI=1S/C18H30N2/c1-16(17-9-5-4-6-10-17)11-14-19-15-18(20(2)3)12-7-8-13-18/h4-6,9-10,16,19H,7-8,11-15H2,1-3H3. The Labute approximate surface area is 124 Å². The minimum atomic E-state index is 0.413. The molecule has 1 atom stereocenters. The summed E-state index contributed by atoms with van der Waals surface area (Å²) in [5, 5.41) is 3.71. The molecule has 1 N–H and O–H groups in total. The first-order valence-corrected chi connectivity index (χ1v) is 8.07. The third-order valence-corrected chi connectivity index (χ3v) is 5.06. The van der Waals surface area contributed by atoms with Gasteiger partial charge in [-0.2, -0.15) is 0 Å². The van der Waals surface area contributed by atoms with Crippen molar-refractivity contribution in [2.45, 2.75) is 50.5 Å². The van der Waals surface area contributed by atoms with Gasteiger partial charge in [-0.05, 0) is 51.4 Å². The Hall–Kier alpha value is -0.860. The van der Waals surface area contributed by atoms with Crippen LogP contribution in [0.15, 0.2) is 30.3 Å². The fourth-order valence-corrected chi connectivity index (χ4v) is 3.40. The van der Waals surface area contributed by atoms with Crippen molar-refractivity contribution in [1.29, 1.82) is 0 Å². The monoisotopic (exact) mass is 274 g/mol. The highest BCUT2D eigenvalue weighted by molar-refractivity contribution is 5.18. The van der Waals surface area contributed by atoms with Crippen molar-refractivity contribution in [3.8, 4) is 0 Å². The molecule has 1 aromatic rings. The first-order valence-electron chi connectivity index (χ1n) is 8.07. The van der Waals surface area contributed by atoms with Crippen LogP contribution in [0.4, 0.5) is 0 Å². The van der Waals surface area contributed by atoms with E-state index in [1.54, 1.807) is 0 Å². The molecule has 0 bridgehead atoms. The van der Waals surface area contributed by atoms with Crippen LogP contribution in [0, 0.1) is 0 Å². The van der Waals surface area contributed by atoms with Crippen LogP contribution < -0.4 is 5.32 Å². The lowest BCUT2D eigenvalue weighted by molar-refractivity contribution is 0.154. The summed E-state index contributed by atoms with van der Waals surface area (Å²) in [7, 11) is 4.47. The number of likely N-dealkylation sites (N-methyl/N-ethyl adjacent to an activating group) is 1. The molecule has 1 saturated carbocycles. The van der Waals surface area contributed by atoms with Gasteiger partial charge in [-0.25, -0.2) is 0 Å². The van der Waals surface area contributed by atoms with E-state index in [1.165, 1.54) is 37.7 Å². The topological polar surface area (TPSA) is 15.3 Å². The molecule has 0 aliphatic heterocycles. The molecule has 0 spiro atoms. The average Bonchev–Trinajstić information content (AvgIpc) is 2.94. The second-order valence-electron chi connectivity index (χ2n) is 6.60. The van der Waals surface area contributed by atoms with Gasteiger partial charge in [-0.3, -0.25) is 0 Å². The van der Waals surface area contributed by atoms with Crippen molar-refractivity contribution < 1.29 is 0 Å². The number of nitrogens with one attached hydrogen (secondary N) is 1. The number of hydrogen-bond donors (Lipinski definition) is 1. The summed E-state index contributed by atoms with van der Waals surface area (Å²) in [6, 6.07) is 10.8. The summed E-state index contributed by atoms with van der Waals surface area (Å²) in [6.45, 7) is 4.58. The maximum Gasteiger partial charge on any atom is 0.0327 e. The van der Waals surface area contributed by atoms with Crippen LogP contribution in [0.5, 0.6) is 0 Å². The van der Waals surface area contributed by atoms with Gasteiger partial charge >= 0.3 is 0 Å². The molecule has 0 saturated heterocycles. The molecular formula is C18H30N2. The molecular weight excluding hydrogens is 244 g/mol. The summed E-state index contributed by atoms with van der Waals surface area (Å²) in [5.74, 6) is 0.641. The Bertz CT molecular complexity index is 380. The first-order chi connectivity index (χ1) is 9.64. The zero-order valence-corrected chi connectivity index (χ0v) is 13.4. The molecule has 0 radical (unpaired) electrons. The highest BCUT2D eigenvalue weighted by Crippen LogP contribution is 2.33. The summed E-state index contributed by atoms with van der Waals surface area (Å²) < 4.78 is 0. The number of hydrogen-bond acceptors (Lipinski definition) is 2. The van der Waals surface area contributed by atoms with E-state index in [-0.39, 0.29) is 0 Å². The first kappa shape index (κ1) is 15.5. The molecule has 112 valence electrons. The van der Waals surface area contributed by atoms with E-state index in [0.29, 0.717) is 11.5 Å². The van der Waals surface area contributed by atoms with Crippen LogP contribution in [0.1, 0.15) is 50.5 Å². The SMILES string of the molecule is CC(CCNCC1(N(C)C)CCCC1)c1ccccc1. The predicted octanol–water partition coefficient (Wildman–Crippen LogP) is 3.64. The predicted molar refractivity (Wildman–Crippen MR) is 87.2 cm³/mol. The van der Waals surface area contributed by atoms with Gasteiger partial charge in [0.1, 0.15) is 0 Å². The van der Waals surface area contributed by atoms with Crippen LogP contribution in [0.3, 0.4) is 0 Å². The number of benzene rings is 1. The highest BCUT2D eigenvalue weighted by atomic mass is 15.2. The lowest BCUT2D eigenvalue weighted by Gasteiger charge is -2.36. The van der Waals surface area contributed by atoms with Gasteiger partial charge in [-0.1, -0.05) is 50.1 Å². The van der Waals surface area contributed by atoms with Gasteiger partial charge < -0.3 is 10.2 Å². The van der Waals surface area contributed by atoms with E-state index < -0.39 is 0 Å². The maximum atomic E-state index is 3.71. The lowest BCUT2D eigenvalue weighted by Crippen LogP contribution is -2.49. The third-order valence-electron chi connectivity index (χ3n) is 5.06. The Kier molecular flexibility index (Phi) is 5.62. The smallest absolute Gasteiger partial charge is 0.0327 e. The van der Waals surface area contributed by atoms with Gasteiger partial charge in [0.2, 0.25) is 0 Å². The molecule has 1 aromatic carbocycles. The zero-order valence-electron chi connectivity index (χ0n) is 13.4. The van der Waals surface area contributed by atoms with Crippen molar-refractivity contribution in [2.24, 2.45) is 0 Å². The van der Waals surface area contributed by atoms with Gasteiger partial charge in [-0.15, -0.1) is 0 Å². The van der Waals surface area contributed by atoms with E-state index >= 15 is 0 Å². The van der Waals surface area contributed by atoms with Crippen LogP contribution in [-0.4, -0.2) is 37.6 Å². The quantitative estimate of drug-likeness (QED) is 0.764. The Morgan fingerprint density at radius 1 is 1.15 bits per heavy atom. The van der Waals surface area contributed by atoms with Crippen molar-refractivity contribution in [2.75, 3.05) is 27.2 Å². The van der Waals surface area contributed by atoms with Crippen LogP contribution in [0.25, 0.3) is 0 Å². The molecule has 1 unspecified atom stereocenters. The fourth-order valence-electron chi connectivity index (χ4n) is 3.40. The van der Waals surface area contributed by atoms with Gasteiger partial charge in [0, 0.05) is 12.1 Å². The molecule has 2 nitrogen and oxygen atoms in total. The summed E-state index contributed by atoms with van der Waals surface area (Å²) in [4.78, 5) is 2.44. The van der Waals surface area contributed by atoms with Crippen molar-refractivity contribution in [3.63, 3.8) is 0 Å². The Morgan fingerprint density at radius 3 is 2.40 bits per heavy atom. The van der Waals surface area contributed by atoms with E-state index in [2.05, 4.69) is 61.6 Å². The maximum absolute atomic E-state index is 3.71. The second kappa shape index (κ2) is 7.24. The molecule has 20 heavy (non-hydrogen) atoms. The minimum Gasteiger partial charge on any atom is -0.315 e. The molecule has 0 amide bonds. The largest absolute Gasteiger partial charge is 0.315 e. The minimum absolute atomic E-state index is 0.413. The molecule has 1 aliphatic rings. The van der Waals surface area contributed by atoms with Crippen LogP contribution >= 0.6 is 0 Å². The molecule has 0 aromatic heterocycles. The summed E-state index contributed by atoms with van der Waals surface area (Å²) in [5.41, 5.74) is 1.87. The molecule has 1 fully saturated rings. The average molecular weight is 274 g/mol.